The number of hydrogen-bond donors (Lipinski definition) is 3. The summed E-state index contributed by atoms with van der Waals surface area (Å²) in [5.41, 5.74) is 6.50. The molecule has 0 spiro atoms. The van der Waals surface area contributed by atoms with Crippen molar-refractivity contribution in [2.75, 3.05) is 12.3 Å². The molecule has 0 fully saturated rings. The zero-order chi connectivity index (χ0) is 15.6. The van der Waals surface area contributed by atoms with E-state index in [0.29, 0.717) is 22.0 Å². The van der Waals surface area contributed by atoms with Crippen LogP contribution >= 0.6 is 22.9 Å². The number of nitrogens with one attached hydrogen (secondary N) is 1. The van der Waals surface area contributed by atoms with Gasteiger partial charge in [-0.2, -0.15) is 0 Å². The van der Waals surface area contributed by atoms with E-state index in [9.17, 15) is 4.79 Å². The van der Waals surface area contributed by atoms with Crippen LogP contribution in [0.15, 0.2) is 18.2 Å². The van der Waals surface area contributed by atoms with Crippen LogP contribution in [0.4, 0.5) is 5.69 Å². The van der Waals surface area contributed by atoms with Crippen LogP contribution in [0.5, 0.6) is 0 Å². The second kappa shape index (κ2) is 6.64. The maximum Gasteiger partial charge on any atom is 0.263 e. The van der Waals surface area contributed by atoms with E-state index in [4.69, 9.17) is 22.4 Å². The van der Waals surface area contributed by atoms with Crippen LogP contribution in [0.1, 0.15) is 29.9 Å². The van der Waals surface area contributed by atoms with Crippen LogP contribution in [0, 0.1) is 5.92 Å². The first-order valence-corrected chi connectivity index (χ1v) is 8.03. The Labute approximate surface area is 132 Å². The standard InChI is InChI=1S/C15H19ClN2O2S/c1-8(2)10(6-7-19)18-15(20)14-13(17)12-9(16)4-3-5-11(12)21-14/h3-5,8,10,19H,6-7,17H2,1-2H3,(H,18,20). The molecule has 1 unspecified atom stereocenters. The van der Waals surface area contributed by atoms with Crippen LogP contribution < -0.4 is 11.1 Å². The molecule has 1 aromatic heterocycles. The lowest BCUT2D eigenvalue weighted by Crippen LogP contribution is -2.39. The summed E-state index contributed by atoms with van der Waals surface area (Å²) in [7, 11) is 0. The monoisotopic (exact) mass is 326 g/mol. The SMILES string of the molecule is CC(C)C(CCO)NC(=O)c1sc2cccc(Cl)c2c1N. The number of anilines is 1. The first-order valence-electron chi connectivity index (χ1n) is 6.84. The molecular weight excluding hydrogens is 308 g/mol. The molecule has 2 rings (SSSR count). The van der Waals surface area contributed by atoms with Gasteiger partial charge in [-0.1, -0.05) is 31.5 Å². The zero-order valence-corrected chi connectivity index (χ0v) is 13.6. The molecule has 1 amide bonds. The third kappa shape index (κ3) is 3.31. The fraction of sp³-hybridized carbons (Fsp3) is 0.400. The lowest BCUT2D eigenvalue weighted by molar-refractivity contribution is 0.0921. The Morgan fingerprint density at radius 1 is 1.48 bits per heavy atom. The molecule has 21 heavy (non-hydrogen) atoms. The van der Waals surface area contributed by atoms with Crippen LogP contribution in [0.2, 0.25) is 5.02 Å². The van der Waals surface area contributed by atoms with Gasteiger partial charge in [0.05, 0.1) is 10.7 Å². The Hall–Kier alpha value is -1.30. The lowest BCUT2D eigenvalue weighted by atomic mass is 10.0. The number of aliphatic hydroxyl groups is 1. The summed E-state index contributed by atoms with van der Waals surface area (Å²) in [4.78, 5) is 12.9. The average Bonchev–Trinajstić information content (AvgIpc) is 2.77. The van der Waals surface area contributed by atoms with E-state index in [2.05, 4.69) is 5.32 Å². The molecule has 0 aliphatic carbocycles. The molecular formula is C15H19ClN2O2S. The molecule has 1 heterocycles. The van der Waals surface area contributed by atoms with Gasteiger partial charge in [-0.3, -0.25) is 4.79 Å². The minimum absolute atomic E-state index is 0.0385. The van der Waals surface area contributed by atoms with Gasteiger partial charge < -0.3 is 16.2 Å². The smallest absolute Gasteiger partial charge is 0.263 e. The Morgan fingerprint density at radius 2 is 2.19 bits per heavy atom. The number of thiophene rings is 1. The second-order valence-corrected chi connectivity index (χ2v) is 6.75. The van der Waals surface area contributed by atoms with Crippen molar-refractivity contribution in [2.24, 2.45) is 5.92 Å². The van der Waals surface area contributed by atoms with Gasteiger partial charge in [0.1, 0.15) is 4.88 Å². The summed E-state index contributed by atoms with van der Waals surface area (Å²) < 4.78 is 0.897. The second-order valence-electron chi connectivity index (χ2n) is 5.29. The normalized spacial score (nSPS) is 12.8. The van der Waals surface area contributed by atoms with Crippen molar-refractivity contribution in [1.29, 1.82) is 0 Å². The average molecular weight is 327 g/mol. The van der Waals surface area contributed by atoms with Gasteiger partial charge in [0.2, 0.25) is 0 Å². The predicted octanol–water partition coefficient (Wildman–Crippen LogP) is 3.27. The van der Waals surface area contributed by atoms with E-state index in [1.165, 1.54) is 11.3 Å². The van der Waals surface area contributed by atoms with Crippen LogP contribution in [-0.4, -0.2) is 23.7 Å². The van der Waals surface area contributed by atoms with Gasteiger partial charge in [-0.05, 0) is 24.5 Å². The van der Waals surface area contributed by atoms with Crippen molar-refractivity contribution in [1.82, 2.24) is 5.32 Å². The number of benzene rings is 1. The fourth-order valence-corrected chi connectivity index (χ4v) is 3.63. The third-order valence-corrected chi connectivity index (χ3v) is 4.95. The van der Waals surface area contributed by atoms with E-state index in [1.807, 2.05) is 26.0 Å². The molecule has 4 N–H and O–H groups in total. The van der Waals surface area contributed by atoms with Crippen molar-refractivity contribution >= 4 is 44.6 Å². The molecule has 0 aliphatic rings. The number of hydrogen-bond acceptors (Lipinski definition) is 4. The Bertz CT molecular complexity index is 654. The van der Waals surface area contributed by atoms with Gasteiger partial charge in [0, 0.05) is 22.7 Å². The van der Waals surface area contributed by atoms with Crippen molar-refractivity contribution in [3.8, 4) is 0 Å². The molecule has 0 saturated carbocycles. The molecule has 1 atom stereocenters. The third-order valence-electron chi connectivity index (χ3n) is 3.47. The molecule has 1 aromatic carbocycles. The predicted molar refractivity (Wildman–Crippen MR) is 89.0 cm³/mol. The maximum absolute atomic E-state index is 12.4. The fourth-order valence-electron chi connectivity index (χ4n) is 2.24. The van der Waals surface area contributed by atoms with Gasteiger partial charge in [0.25, 0.3) is 5.91 Å². The summed E-state index contributed by atoms with van der Waals surface area (Å²) in [6.07, 6.45) is 0.523. The highest BCUT2D eigenvalue weighted by Gasteiger charge is 2.22. The molecule has 4 nitrogen and oxygen atoms in total. The van der Waals surface area contributed by atoms with Gasteiger partial charge >= 0.3 is 0 Å². The number of carbonyl (C=O) groups is 1. The topological polar surface area (TPSA) is 75.3 Å². The minimum atomic E-state index is -0.211. The number of aliphatic hydroxyl groups excluding tert-OH is 1. The molecule has 0 saturated heterocycles. The zero-order valence-electron chi connectivity index (χ0n) is 12.0. The summed E-state index contributed by atoms with van der Waals surface area (Å²) in [6.45, 7) is 4.05. The van der Waals surface area contributed by atoms with Crippen LogP contribution in [0.3, 0.4) is 0 Å². The highest BCUT2D eigenvalue weighted by Crippen LogP contribution is 2.38. The van der Waals surface area contributed by atoms with E-state index in [-0.39, 0.29) is 24.5 Å². The van der Waals surface area contributed by atoms with E-state index in [0.717, 1.165) is 10.1 Å². The molecule has 6 heteroatoms. The number of rotatable bonds is 5. The number of nitrogen functional groups attached to an aromatic ring is 1. The van der Waals surface area contributed by atoms with Crippen molar-refractivity contribution in [2.45, 2.75) is 26.3 Å². The van der Waals surface area contributed by atoms with Crippen LogP contribution in [0.25, 0.3) is 10.1 Å². The first-order chi connectivity index (χ1) is 9.95. The Kier molecular flexibility index (Phi) is 5.08. The van der Waals surface area contributed by atoms with Crippen molar-refractivity contribution in [3.05, 3.63) is 28.1 Å². The Balaban J connectivity index is 2.31. The first kappa shape index (κ1) is 16.1. The molecule has 0 radical (unpaired) electrons. The van der Waals surface area contributed by atoms with Gasteiger partial charge in [0.15, 0.2) is 0 Å². The summed E-state index contributed by atoms with van der Waals surface area (Å²) >= 11 is 7.48. The van der Waals surface area contributed by atoms with Gasteiger partial charge in [-0.15, -0.1) is 11.3 Å². The van der Waals surface area contributed by atoms with Crippen molar-refractivity contribution in [3.63, 3.8) is 0 Å². The maximum atomic E-state index is 12.4. The number of fused-ring (bicyclic) bond motifs is 1. The van der Waals surface area contributed by atoms with E-state index < -0.39 is 0 Å². The molecule has 2 aromatic rings. The van der Waals surface area contributed by atoms with Crippen LogP contribution in [-0.2, 0) is 0 Å². The summed E-state index contributed by atoms with van der Waals surface area (Å²) in [5.74, 6) is 0.0252. The Morgan fingerprint density at radius 3 is 2.76 bits per heavy atom. The highest BCUT2D eigenvalue weighted by molar-refractivity contribution is 7.21. The minimum Gasteiger partial charge on any atom is -0.397 e. The van der Waals surface area contributed by atoms with E-state index in [1.54, 1.807) is 6.07 Å². The number of nitrogens with two attached hydrogens (primary N) is 1. The number of halogens is 1. The van der Waals surface area contributed by atoms with E-state index >= 15 is 0 Å². The molecule has 114 valence electrons. The summed E-state index contributed by atoms with van der Waals surface area (Å²) in [6, 6.07) is 5.41. The largest absolute Gasteiger partial charge is 0.397 e. The van der Waals surface area contributed by atoms with Gasteiger partial charge in [-0.25, -0.2) is 0 Å². The summed E-state index contributed by atoms with van der Waals surface area (Å²) in [5, 5.41) is 13.3. The number of carbonyl (C=O) groups excluding carboxylic acids is 1. The molecule has 0 bridgehead atoms. The van der Waals surface area contributed by atoms with Crippen molar-refractivity contribution < 1.29 is 9.90 Å². The number of amides is 1. The molecule has 0 aliphatic heterocycles. The highest BCUT2D eigenvalue weighted by atomic mass is 35.5. The quantitative estimate of drug-likeness (QED) is 0.789. The lowest BCUT2D eigenvalue weighted by Gasteiger charge is -2.21.